The molecule has 6 heteroatoms. The highest BCUT2D eigenvalue weighted by Gasteiger charge is 2.69. The summed E-state index contributed by atoms with van der Waals surface area (Å²) < 4.78 is 22.6. The summed E-state index contributed by atoms with van der Waals surface area (Å²) in [6.45, 7) is 6.54. The first kappa shape index (κ1) is 22.8. The van der Waals surface area contributed by atoms with Crippen molar-refractivity contribution in [2.75, 3.05) is 13.7 Å². The van der Waals surface area contributed by atoms with Crippen LogP contribution >= 0.6 is 0 Å². The Bertz CT molecular complexity index is 878. The van der Waals surface area contributed by atoms with Crippen LogP contribution in [-0.2, 0) is 23.7 Å². The largest absolute Gasteiger partial charge is 0.509 e. The van der Waals surface area contributed by atoms with E-state index in [2.05, 4.69) is 6.92 Å². The molecular formula is C26H34O6. The Morgan fingerprint density at radius 3 is 2.66 bits per heavy atom. The van der Waals surface area contributed by atoms with E-state index in [4.69, 9.17) is 18.9 Å². The van der Waals surface area contributed by atoms with Gasteiger partial charge in [-0.05, 0) is 69.4 Å². The first-order chi connectivity index (χ1) is 15.3. The van der Waals surface area contributed by atoms with Crippen LogP contribution in [-0.4, -0.2) is 37.5 Å². The SMILES string of the molecule is CC[C@H](OC(=O)O[C@H](/C=C(\C)C(=O)OC)C[C@]12CO[C@]3(C)CC[C@H]1C[C@H]23)c1ccccc1. The molecule has 6 atom stereocenters. The highest BCUT2D eigenvalue weighted by molar-refractivity contribution is 5.87. The summed E-state index contributed by atoms with van der Waals surface area (Å²) in [5.74, 6) is 0.613. The van der Waals surface area contributed by atoms with Gasteiger partial charge in [-0.15, -0.1) is 0 Å². The summed E-state index contributed by atoms with van der Waals surface area (Å²) in [5, 5.41) is 0. The van der Waals surface area contributed by atoms with Crippen molar-refractivity contribution in [1.82, 2.24) is 0 Å². The second kappa shape index (κ2) is 8.89. The number of carbonyl (C=O) groups is 2. The van der Waals surface area contributed by atoms with Crippen molar-refractivity contribution < 1.29 is 28.5 Å². The average molecular weight is 443 g/mol. The van der Waals surface area contributed by atoms with Crippen LogP contribution < -0.4 is 0 Å². The van der Waals surface area contributed by atoms with E-state index in [0.29, 0.717) is 36.9 Å². The van der Waals surface area contributed by atoms with Crippen LogP contribution in [0.4, 0.5) is 4.79 Å². The van der Waals surface area contributed by atoms with Gasteiger partial charge in [0.2, 0.25) is 0 Å². The van der Waals surface area contributed by atoms with Crippen LogP contribution in [0.1, 0.15) is 64.5 Å². The number of hydrogen-bond donors (Lipinski definition) is 0. The maximum atomic E-state index is 12.8. The number of carbonyl (C=O) groups excluding carboxylic acids is 2. The molecule has 1 saturated heterocycles. The van der Waals surface area contributed by atoms with E-state index in [1.165, 1.54) is 13.5 Å². The fraction of sp³-hybridized carbons (Fsp3) is 0.615. The molecule has 0 unspecified atom stereocenters. The minimum Gasteiger partial charge on any atom is -0.466 e. The number of hydrogen-bond acceptors (Lipinski definition) is 6. The van der Waals surface area contributed by atoms with Gasteiger partial charge in [-0.2, -0.15) is 0 Å². The fourth-order valence-corrected chi connectivity index (χ4v) is 6.17. The number of benzene rings is 1. The van der Waals surface area contributed by atoms with Gasteiger partial charge >= 0.3 is 12.1 Å². The lowest BCUT2D eigenvalue weighted by molar-refractivity contribution is -0.136. The normalized spacial score (nSPS) is 32.4. The van der Waals surface area contributed by atoms with E-state index < -0.39 is 18.2 Å². The molecule has 32 heavy (non-hydrogen) atoms. The zero-order valence-electron chi connectivity index (χ0n) is 19.5. The lowest BCUT2D eigenvalue weighted by Gasteiger charge is -2.59. The van der Waals surface area contributed by atoms with E-state index in [1.807, 2.05) is 37.3 Å². The Hall–Kier alpha value is -2.34. The van der Waals surface area contributed by atoms with Gasteiger partial charge in [-0.1, -0.05) is 37.3 Å². The maximum absolute atomic E-state index is 12.8. The molecule has 0 amide bonds. The predicted molar refractivity (Wildman–Crippen MR) is 119 cm³/mol. The number of rotatable bonds is 8. The molecule has 5 rings (SSSR count). The molecule has 0 spiro atoms. The van der Waals surface area contributed by atoms with Crippen LogP contribution in [0.5, 0.6) is 0 Å². The second-order valence-electron chi connectivity index (χ2n) is 9.74. The van der Waals surface area contributed by atoms with Gasteiger partial charge in [-0.3, -0.25) is 0 Å². The smallest absolute Gasteiger partial charge is 0.466 e. The van der Waals surface area contributed by atoms with Crippen molar-refractivity contribution in [3.8, 4) is 0 Å². The molecule has 0 aromatic heterocycles. The van der Waals surface area contributed by atoms with Crippen molar-refractivity contribution in [3.63, 3.8) is 0 Å². The molecule has 0 radical (unpaired) electrons. The van der Waals surface area contributed by atoms with Crippen molar-refractivity contribution >= 4 is 12.1 Å². The summed E-state index contributed by atoms with van der Waals surface area (Å²) in [4.78, 5) is 24.8. The van der Waals surface area contributed by atoms with Crippen LogP contribution in [0.25, 0.3) is 0 Å². The minimum atomic E-state index is -0.720. The zero-order chi connectivity index (χ0) is 22.9. The van der Waals surface area contributed by atoms with Crippen molar-refractivity contribution in [1.29, 1.82) is 0 Å². The van der Waals surface area contributed by atoms with Crippen LogP contribution in [0, 0.1) is 17.3 Å². The highest BCUT2D eigenvalue weighted by Crippen LogP contribution is 2.70. The molecule has 1 aliphatic heterocycles. The molecule has 4 aliphatic rings. The van der Waals surface area contributed by atoms with E-state index in [1.54, 1.807) is 13.0 Å². The Balaban J connectivity index is 1.50. The molecule has 1 aromatic rings. The van der Waals surface area contributed by atoms with Crippen LogP contribution in [0.2, 0.25) is 0 Å². The fourth-order valence-electron chi connectivity index (χ4n) is 6.17. The number of fused-ring (bicyclic) bond motifs is 1. The maximum Gasteiger partial charge on any atom is 0.509 e. The molecule has 4 bridgehead atoms. The average Bonchev–Trinajstić information content (AvgIpc) is 2.93. The van der Waals surface area contributed by atoms with Gasteiger partial charge in [0.1, 0.15) is 12.2 Å². The first-order valence-electron chi connectivity index (χ1n) is 11.6. The molecule has 4 fully saturated rings. The van der Waals surface area contributed by atoms with E-state index in [9.17, 15) is 9.59 Å². The summed E-state index contributed by atoms with van der Waals surface area (Å²) >= 11 is 0. The monoisotopic (exact) mass is 442 g/mol. The molecule has 1 aromatic carbocycles. The molecule has 3 aliphatic carbocycles. The molecule has 0 N–H and O–H groups in total. The number of esters is 1. The highest BCUT2D eigenvalue weighted by atomic mass is 16.7. The van der Waals surface area contributed by atoms with Gasteiger partial charge in [0.25, 0.3) is 0 Å². The third-order valence-corrected chi connectivity index (χ3v) is 7.98. The van der Waals surface area contributed by atoms with Gasteiger partial charge < -0.3 is 18.9 Å². The number of ether oxygens (including phenoxy) is 4. The first-order valence-corrected chi connectivity index (χ1v) is 11.6. The summed E-state index contributed by atoms with van der Waals surface area (Å²) in [7, 11) is 1.35. The Labute approximate surface area is 190 Å². The molecule has 1 heterocycles. The third kappa shape index (κ3) is 4.05. The van der Waals surface area contributed by atoms with E-state index in [-0.39, 0.29) is 17.1 Å². The number of methoxy groups -OCH3 is 1. The van der Waals surface area contributed by atoms with Crippen molar-refractivity contribution in [2.24, 2.45) is 17.3 Å². The molecule has 174 valence electrons. The van der Waals surface area contributed by atoms with E-state index >= 15 is 0 Å². The zero-order valence-corrected chi connectivity index (χ0v) is 19.5. The Morgan fingerprint density at radius 1 is 1.25 bits per heavy atom. The lowest BCUT2D eigenvalue weighted by Crippen LogP contribution is -2.58. The van der Waals surface area contributed by atoms with Gasteiger partial charge in [0.15, 0.2) is 0 Å². The Morgan fingerprint density at radius 2 is 2.00 bits per heavy atom. The Kier molecular flexibility index (Phi) is 6.35. The summed E-state index contributed by atoms with van der Waals surface area (Å²) in [6.07, 6.45) is 4.68. The predicted octanol–water partition coefficient (Wildman–Crippen LogP) is 5.37. The lowest BCUT2D eigenvalue weighted by atomic mass is 9.43. The van der Waals surface area contributed by atoms with Crippen LogP contribution in [0.15, 0.2) is 42.0 Å². The third-order valence-electron chi connectivity index (χ3n) is 7.98. The van der Waals surface area contributed by atoms with Crippen molar-refractivity contribution in [3.05, 3.63) is 47.5 Å². The standard InChI is InChI=1S/C26H34O6/c1-5-21(18-9-7-6-8-10-18)32-24(28)31-20(13-17(2)23(27)29-4)15-26-16-30-25(3)12-11-19(26)14-22(25)26/h6-10,13,19-22H,5,11-12,14-16H2,1-4H3/b17-13+/t19-,20+,21-,22-,25+,26-/m0/s1. The second-order valence-corrected chi connectivity index (χ2v) is 9.74. The minimum absolute atomic E-state index is 0.00552. The summed E-state index contributed by atoms with van der Waals surface area (Å²) in [6, 6.07) is 9.64. The molecule has 3 saturated carbocycles. The van der Waals surface area contributed by atoms with E-state index in [0.717, 1.165) is 18.4 Å². The van der Waals surface area contributed by atoms with Gasteiger partial charge in [0, 0.05) is 11.0 Å². The molecular weight excluding hydrogens is 408 g/mol. The summed E-state index contributed by atoms with van der Waals surface area (Å²) in [5.41, 5.74) is 1.26. The van der Waals surface area contributed by atoms with Gasteiger partial charge in [-0.25, -0.2) is 9.59 Å². The topological polar surface area (TPSA) is 71.1 Å². The van der Waals surface area contributed by atoms with Crippen LogP contribution in [0.3, 0.4) is 0 Å². The molecule has 6 nitrogen and oxygen atoms in total. The van der Waals surface area contributed by atoms with Gasteiger partial charge in [0.05, 0.1) is 19.3 Å². The van der Waals surface area contributed by atoms with Crippen molar-refractivity contribution in [2.45, 2.75) is 70.7 Å². The quantitative estimate of drug-likeness (QED) is 0.398.